The lowest BCUT2D eigenvalue weighted by Crippen LogP contribution is -2.49. The molecule has 6 heteroatoms. The zero-order valence-electron chi connectivity index (χ0n) is 15.5. The lowest BCUT2D eigenvalue weighted by Gasteiger charge is -2.34. The standard InChI is InChI=1S/C21H25N5O/c27-21(26-11-9-20(23-26)18-6-2-1-3-7-18)17-25-14-12-24(13-15-25)16-19-8-4-5-10-22-19/h1-8,10H,9,11-17H2. The highest BCUT2D eigenvalue weighted by molar-refractivity contribution is 6.02. The van der Waals surface area contributed by atoms with Gasteiger partial charge in [0.2, 0.25) is 0 Å². The van der Waals surface area contributed by atoms with Crippen LogP contribution in [0, 0.1) is 0 Å². The summed E-state index contributed by atoms with van der Waals surface area (Å²) in [6.45, 7) is 5.74. The molecule has 6 nitrogen and oxygen atoms in total. The van der Waals surface area contributed by atoms with E-state index in [2.05, 4.69) is 26.0 Å². The van der Waals surface area contributed by atoms with E-state index >= 15 is 0 Å². The van der Waals surface area contributed by atoms with Gasteiger partial charge >= 0.3 is 0 Å². The molecule has 4 rings (SSSR count). The van der Waals surface area contributed by atoms with Crippen LogP contribution in [0.4, 0.5) is 0 Å². The summed E-state index contributed by atoms with van der Waals surface area (Å²) in [6, 6.07) is 16.1. The molecule has 0 radical (unpaired) electrons. The number of benzene rings is 1. The van der Waals surface area contributed by atoms with Crippen LogP contribution in [0.25, 0.3) is 0 Å². The zero-order chi connectivity index (χ0) is 18.5. The molecular formula is C21H25N5O. The van der Waals surface area contributed by atoms with Crippen molar-refractivity contribution in [3.8, 4) is 0 Å². The van der Waals surface area contributed by atoms with E-state index in [-0.39, 0.29) is 5.91 Å². The largest absolute Gasteiger partial charge is 0.295 e. The summed E-state index contributed by atoms with van der Waals surface area (Å²) < 4.78 is 0. The fourth-order valence-electron chi connectivity index (χ4n) is 3.57. The maximum atomic E-state index is 12.6. The molecule has 1 aromatic heterocycles. The number of pyridine rings is 1. The molecule has 0 saturated carbocycles. The van der Waals surface area contributed by atoms with Gasteiger partial charge in [0.1, 0.15) is 0 Å². The molecule has 0 aliphatic carbocycles. The van der Waals surface area contributed by atoms with E-state index in [1.807, 2.05) is 48.7 Å². The van der Waals surface area contributed by atoms with Gasteiger partial charge in [-0.25, -0.2) is 5.01 Å². The molecule has 27 heavy (non-hydrogen) atoms. The van der Waals surface area contributed by atoms with E-state index < -0.39 is 0 Å². The van der Waals surface area contributed by atoms with Crippen LogP contribution in [-0.4, -0.2) is 70.7 Å². The van der Waals surface area contributed by atoms with Crippen LogP contribution in [0.3, 0.4) is 0 Å². The van der Waals surface area contributed by atoms with Crippen molar-refractivity contribution in [3.05, 3.63) is 66.0 Å². The number of aromatic nitrogens is 1. The van der Waals surface area contributed by atoms with E-state index in [4.69, 9.17) is 0 Å². The van der Waals surface area contributed by atoms with Crippen LogP contribution >= 0.6 is 0 Å². The predicted molar refractivity (Wildman–Crippen MR) is 105 cm³/mol. The Balaban J connectivity index is 1.26. The van der Waals surface area contributed by atoms with Gasteiger partial charge in [0.25, 0.3) is 5.91 Å². The summed E-state index contributed by atoms with van der Waals surface area (Å²) >= 11 is 0. The van der Waals surface area contributed by atoms with Crippen molar-refractivity contribution in [3.63, 3.8) is 0 Å². The average molecular weight is 363 g/mol. The second-order valence-corrected chi connectivity index (χ2v) is 7.05. The number of rotatable bonds is 5. The van der Waals surface area contributed by atoms with Gasteiger partial charge in [-0.1, -0.05) is 36.4 Å². The Morgan fingerprint density at radius 3 is 2.37 bits per heavy atom. The molecule has 0 N–H and O–H groups in total. The Hall–Kier alpha value is -2.57. The first-order chi connectivity index (χ1) is 13.3. The molecule has 1 saturated heterocycles. The van der Waals surface area contributed by atoms with E-state index in [0.717, 1.165) is 56.1 Å². The topological polar surface area (TPSA) is 52.0 Å². The fraction of sp³-hybridized carbons (Fsp3) is 0.381. The molecule has 0 unspecified atom stereocenters. The smallest absolute Gasteiger partial charge is 0.256 e. The minimum atomic E-state index is 0.0964. The Kier molecular flexibility index (Phi) is 5.55. The number of hydrogen-bond acceptors (Lipinski definition) is 5. The molecule has 2 aliphatic rings. The average Bonchev–Trinajstić information content (AvgIpc) is 3.21. The number of carbonyl (C=O) groups is 1. The van der Waals surface area contributed by atoms with Crippen molar-refractivity contribution < 1.29 is 4.79 Å². The first-order valence-electron chi connectivity index (χ1n) is 9.56. The number of piperazine rings is 1. The van der Waals surface area contributed by atoms with Crippen molar-refractivity contribution in [2.45, 2.75) is 13.0 Å². The molecule has 140 valence electrons. The van der Waals surface area contributed by atoms with Gasteiger partial charge in [-0.3, -0.25) is 19.6 Å². The van der Waals surface area contributed by atoms with E-state index in [9.17, 15) is 4.79 Å². The SMILES string of the molecule is O=C(CN1CCN(Cc2ccccn2)CC1)N1CCC(c2ccccc2)=N1. The summed E-state index contributed by atoms with van der Waals surface area (Å²) in [4.78, 5) is 21.6. The molecule has 1 fully saturated rings. The number of carbonyl (C=O) groups excluding carboxylic acids is 1. The lowest BCUT2D eigenvalue weighted by molar-refractivity contribution is -0.132. The van der Waals surface area contributed by atoms with E-state index in [0.29, 0.717) is 13.1 Å². The molecule has 2 aromatic rings. The maximum Gasteiger partial charge on any atom is 0.256 e. The molecule has 1 amide bonds. The second kappa shape index (κ2) is 8.41. The molecule has 0 atom stereocenters. The molecular weight excluding hydrogens is 338 g/mol. The number of nitrogens with zero attached hydrogens (tertiary/aromatic N) is 5. The molecule has 1 aromatic carbocycles. The van der Waals surface area contributed by atoms with E-state index in [1.54, 1.807) is 5.01 Å². The Morgan fingerprint density at radius 2 is 1.63 bits per heavy atom. The highest BCUT2D eigenvalue weighted by atomic mass is 16.2. The van der Waals surface area contributed by atoms with Gasteiger partial charge < -0.3 is 0 Å². The predicted octanol–water partition coefficient (Wildman–Crippen LogP) is 1.84. The molecule has 0 bridgehead atoms. The van der Waals surface area contributed by atoms with Crippen LogP contribution in [0.2, 0.25) is 0 Å². The number of hydrazone groups is 1. The van der Waals surface area contributed by atoms with Crippen molar-refractivity contribution in [1.82, 2.24) is 19.8 Å². The molecule has 3 heterocycles. The third kappa shape index (κ3) is 4.59. The number of amides is 1. The number of hydrogen-bond donors (Lipinski definition) is 0. The van der Waals surface area contributed by atoms with Crippen LogP contribution in [0.15, 0.2) is 59.8 Å². The second-order valence-electron chi connectivity index (χ2n) is 7.05. The summed E-state index contributed by atoms with van der Waals surface area (Å²) in [7, 11) is 0. The van der Waals surface area contributed by atoms with Crippen LogP contribution in [0.1, 0.15) is 17.7 Å². The first kappa shape index (κ1) is 17.8. The van der Waals surface area contributed by atoms with Crippen LogP contribution in [-0.2, 0) is 11.3 Å². The highest BCUT2D eigenvalue weighted by Gasteiger charge is 2.25. The first-order valence-corrected chi connectivity index (χ1v) is 9.56. The van der Waals surface area contributed by atoms with Gasteiger partial charge in [0.05, 0.1) is 24.5 Å². The quantitative estimate of drug-likeness (QED) is 0.813. The third-order valence-electron chi connectivity index (χ3n) is 5.13. The Bertz CT molecular complexity index is 785. The normalized spacial score (nSPS) is 18.5. The fourth-order valence-corrected chi connectivity index (χ4v) is 3.57. The third-order valence-corrected chi connectivity index (χ3v) is 5.13. The monoisotopic (exact) mass is 363 g/mol. The highest BCUT2D eigenvalue weighted by Crippen LogP contribution is 2.14. The Labute approximate surface area is 160 Å². The summed E-state index contributed by atoms with van der Waals surface area (Å²) in [6.07, 6.45) is 2.66. The minimum absolute atomic E-state index is 0.0964. The summed E-state index contributed by atoms with van der Waals surface area (Å²) in [5, 5.41) is 6.19. The summed E-state index contributed by atoms with van der Waals surface area (Å²) in [5.41, 5.74) is 3.21. The Morgan fingerprint density at radius 1 is 0.889 bits per heavy atom. The van der Waals surface area contributed by atoms with Gasteiger partial charge in [0, 0.05) is 45.3 Å². The van der Waals surface area contributed by atoms with Crippen molar-refractivity contribution >= 4 is 11.6 Å². The minimum Gasteiger partial charge on any atom is -0.295 e. The maximum absolute atomic E-state index is 12.6. The van der Waals surface area contributed by atoms with Crippen molar-refractivity contribution in [2.75, 3.05) is 39.3 Å². The van der Waals surface area contributed by atoms with Crippen LogP contribution < -0.4 is 0 Å². The van der Waals surface area contributed by atoms with Gasteiger partial charge in [-0.2, -0.15) is 5.10 Å². The molecule has 0 spiro atoms. The van der Waals surface area contributed by atoms with Gasteiger partial charge in [0.15, 0.2) is 0 Å². The van der Waals surface area contributed by atoms with Gasteiger partial charge in [-0.05, 0) is 17.7 Å². The van der Waals surface area contributed by atoms with Crippen molar-refractivity contribution in [1.29, 1.82) is 0 Å². The molecule has 2 aliphatic heterocycles. The zero-order valence-corrected chi connectivity index (χ0v) is 15.5. The van der Waals surface area contributed by atoms with Crippen LogP contribution in [0.5, 0.6) is 0 Å². The summed E-state index contributed by atoms with van der Waals surface area (Å²) in [5.74, 6) is 0.0964. The van der Waals surface area contributed by atoms with E-state index in [1.165, 1.54) is 0 Å². The van der Waals surface area contributed by atoms with Gasteiger partial charge in [-0.15, -0.1) is 0 Å². The van der Waals surface area contributed by atoms with Crippen molar-refractivity contribution in [2.24, 2.45) is 5.10 Å². The lowest BCUT2D eigenvalue weighted by atomic mass is 10.1.